The summed E-state index contributed by atoms with van der Waals surface area (Å²) in [7, 11) is -3.55. The van der Waals surface area contributed by atoms with Crippen molar-refractivity contribution in [3.05, 3.63) is 33.3 Å². The Morgan fingerprint density at radius 1 is 1.39 bits per heavy atom. The zero-order chi connectivity index (χ0) is 13.8. The summed E-state index contributed by atoms with van der Waals surface area (Å²) in [5.41, 5.74) is -0.255. The third kappa shape index (κ3) is 4.32. The fourth-order valence-corrected chi connectivity index (χ4v) is 2.78. The highest BCUT2D eigenvalue weighted by atomic mass is 35.5. The van der Waals surface area contributed by atoms with Crippen molar-refractivity contribution >= 4 is 44.6 Å². The smallest absolute Gasteiger partial charge is 0.283 e. The highest BCUT2D eigenvalue weighted by Crippen LogP contribution is 2.27. The van der Waals surface area contributed by atoms with Crippen LogP contribution in [0, 0.1) is 10.1 Å². The third-order valence-corrected chi connectivity index (χ3v) is 3.92. The van der Waals surface area contributed by atoms with Crippen LogP contribution in [0.15, 0.2) is 18.2 Å². The van der Waals surface area contributed by atoms with Gasteiger partial charge >= 0.3 is 0 Å². The number of halogens is 2. The van der Waals surface area contributed by atoms with Gasteiger partial charge < -0.3 is 0 Å². The molecule has 0 bridgehead atoms. The zero-order valence-electron chi connectivity index (χ0n) is 9.10. The highest BCUT2D eigenvalue weighted by molar-refractivity contribution is 7.92. The highest BCUT2D eigenvalue weighted by Gasteiger charge is 2.16. The number of nitrogens with zero attached hydrogens (tertiary/aromatic N) is 1. The minimum atomic E-state index is -3.55. The summed E-state index contributed by atoms with van der Waals surface area (Å²) < 4.78 is 25.3. The molecule has 6 nitrogen and oxygen atoms in total. The molecule has 0 aliphatic rings. The lowest BCUT2D eigenvalue weighted by atomic mass is 10.3. The van der Waals surface area contributed by atoms with E-state index in [9.17, 15) is 18.5 Å². The van der Waals surface area contributed by atoms with Crippen LogP contribution in [0.25, 0.3) is 0 Å². The van der Waals surface area contributed by atoms with Gasteiger partial charge in [0.05, 0.1) is 16.4 Å². The van der Waals surface area contributed by atoms with E-state index in [2.05, 4.69) is 4.72 Å². The van der Waals surface area contributed by atoms with Crippen molar-refractivity contribution in [2.45, 2.75) is 6.42 Å². The van der Waals surface area contributed by atoms with Crippen molar-refractivity contribution in [2.75, 3.05) is 16.4 Å². The first kappa shape index (κ1) is 15.0. The number of alkyl halides is 1. The van der Waals surface area contributed by atoms with E-state index >= 15 is 0 Å². The summed E-state index contributed by atoms with van der Waals surface area (Å²) in [5.74, 6) is 0.0780. The summed E-state index contributed by atoms with van der Waals surface area (Å²) in [5, 5.41) is 10.6. The van der Waals surface area contributed by atoms with Crippen LogP contribution < -0.4 is 4.72 Å². The van der Waals surface area contributed by atoms with Gasteiger partial charge in [0.25, 0.3) is 5.69 Å². The van der Waals surface area contributed by atoms with Crippen molar-refractivity contribution in [3.8, 4) is 0 Å². The number of nitro benzene ring substituents is 1. The maximum absolute atomic E-state index is 11.6. The molecule has 1 N–H and O–H groups in total. The molecule has 0 atom stereocenters. The molecule has 0 saturated heterocycles. The van der Waals surface area contributed by atoms with Gasteiger partial charge in [-0.15, -0.1) is 11.6 Å². The lowest BCUT2D eigenvalue weighted by Gasteiger charge is -2.07. The molecule has 0 fully saturated rings. The number of benzene rings is 1. The van der Waals surface area contributed by atoms with E-state index < -0.39 is 14.9 Å². The average molecular weight is 313 g/mol. The lowest BCUT2D eigenvalue weighted by molar-refractivity contribution is -0.384. The van der Waals surface area contributed by atoms with E-state index in [1.54, 1.807) is 0 Å². The van der Waals surface area contributed by atoms with Crippen molar-refractivity contribution in [1.29, 1.82) is 0 Å². The molecule has 0 saturated carbocycles. The van der Waals surface area contributed by atoms with Crippen LogP contribution in [0.5, 0.6) is 0 Å². The molecule has 0 spiro atoms. The van der Waals surface area contributed by atoms with E-state index in [-0.39, 0.29) is 28.0 Å². The van der Waals surface area contributed by atoms with Crippen LogP contribution in [0.4, 0.5) is 11.4 Å². The summed E-state index contributed by atoms with van der Waals surface area (Å²) in [4.78, 5) is 9.96. The Morgan fingerprint density at radius 3 is 2.61 bits per heavy atom. The minimum absolute atomic E-state index is 0.0521. The normalized spacial score (nSPS) is 11.2. The van der Waals surface area contributed by atoms with Gasteiger partial charge in [-0.25, -0.2) is 8.42 Å². The Hall–Kier alpha value is -1.05. The van der Waals surface area contributed by atoms with E-state index in [0.717, 1.165) is 6.07 Å². The largest absolute Gasteiger partial charge is 0.289 e. The summed E-state index contributed by atoms with van der Waals surface area (Å²) in [6, 6.07) is 3.69. The lowest BCUT2D eigenvalue weighted by Crippen LogP contribution is -2.17. The van der Waals surface area contributed by atoms with Crippen molar-refractivity contribution in [2.24, 2.45) is 0 Å². The van der Waals surface area contributed by atoms with Gasteiger partial charge in [-0.3, -0.25) is 14.8 Å². The monoisotopic (exact) mass is 312 g/mol. The van der Waals surface area contributed by atoms with E-state index in [0.29, 0.717) is 6.42 Å². The number of nitro groups is 1. The van der Waals surface area contributed by atoms with Crippen molar-refractivity contribution < 1.29 is 13.3 Å². The molecular weight excluding hydrogens is 303 g/mol. The first-order chi connectivity index (χ1) is 8.35. The number of sulfonamides is 1. The second kappa shape index (κ2) is 6.21. The van der Waals surface area contributed by atoms with Gasteiger partial charge in [0.1, 0.15) is 5.02 Å². The van der Waals surface area contributed by atoms with E-state index in [1.165, 1.54) is 12.1 Å². The molecule has 9 heteroatoms. The molecule has 1 aromatic carbocycles. The molecule has 0 heterocycles. The van der Waals surface area contributed by atoms with Gasteiger partial charge in [0.2, 0.25) is 10.0 Å². The fourth-order valence-electron chi connectivity index (χ4n) is 1.19. The quantitative estimate of drug-likeness (QED) is 0.496. The van der Waals surface area contributed by atoms with Crippen LogP contribution >= 0.6 is 23.2 Å². The maximum atomic E-state index is 11.6. The summed E-state index contributed by atoms with van der Waals surface area (Å²) >= 11 is 11.0. The zero-order valence-corrected chi connectivity index (χ0v) is 11.4. The Morgan fingerprint density at radius 2 is 2.06 bits per heavy atom. The Labute approximate surface area is 114 Å². The number of hydrogen-bond donors (Lipinski definition) is 1. The van der Waals surface area contributed by atoms with Crippen LogP contribution in [0.2, 0.25) is 5.02 Å². The maximum Gasteiger partial charge on any atom is 0.289 e. The summed E-state index contributed by atoms with van der Waals surface area (Å²) in [6.07, 6.45) is 0.298. The van der Waals surface area contributed by atoms with Crippen molar-refractivity contribution in [3.63, 3.8) is 0 Å². The first-order valence-corrected chi connectivity index (χ1v) is 7.42. The number of anilines is 1. The molecule has 0 aromatic heterocycles. The molecule has 0 radical (unpaired) electrons. The van der Waals surface area contributed by atoms with Crippen molar-refractivity contribution in [1.82, 2.24) is 0 Å². The Kier molecular flexibility index (Phi) is 5.18. The molecule has 0 amide bonds. The topological polar surface area (TPSA) is 89.3 Å². The van der Waals surface area contributed by atoms with Crippen LogP contribution in [-0.2, 0) is 10.0 Å². The standard InChI is InChI=1S/C9H10Cl2N2O4S/c10-4-1-5-18(16,17)12-7-2-3-8(11)9(6-7)13(14)15/h2-3,6,12H,1,4-5H2. The first-order valence-electron chi connectivity index (χ1n) is 4.86. The molecule has 100 valence electrons. The van der Waals surface area contributed by atoms with Gasteiger partial charge in [-0.05, 0) is 18.6 Å². The number of nitrogens with one attached hydrogen (secondary N) is 1. The predicted octanol–water partition coefficient (Wildman–Crippen LogP) is 2.62. The molecule has 1 aromatic rings. The second-order valence-corrected chi connectivity index (χ2v) is 6.01. The van der Waals surface area contributed by atoms with Crippen LogP contribution in [-0.4, -0.2) is 25.0 Å². The second-order valence-electron chi connectivity index (χ2n) is 3.39. The van der Waals surface area contributed by atoms with Gasteiger partial charge in [-0.2, -0.15) is 0 Å². The fraction of sp³-hybridized carbons (Fsp3) is 0.333. The van der Waals surface area contributed by atoms with E-state index in [1.807, 2.05) is 0 Å². The SMILES string of the molecule is O=[N+]([O-])c1cc(NS(=O)(=O)CCCCl)ccc1Cl. The predicted molar refractivity (Wildman–Crippen MR) is 70.9 cm³/mol. The molecule has 18 heavy (non-hydrogen) atoms. The Bertz CT molecular complexity index is 547. The molecule has 0 unspecified atom stereocenters. The van der Waals surface area contributed by atoms with Crippen LogP contribution in [0.3, 0.4) is 0 Å². The number of rotatable bonds is 6. The van der Waals surface area contributed by atoms with Gasteiger partial charge in [0.15, 0.2) is 0 Å². The van der Waals surface area contributed by atoms with Gasteiger partial charge in [0, 0.05) is 11.9 Å². The minimum Gasteiger partial charge on any atom is -0.283 e. The molecule has 1 rings (SSSR count). The van der Waals surface area contributed by atoms with E-state index in [4.69, 9.17) is 23.2 Å². The van der Waals surface area contributed by atoms with Gasteiger partial charge in [-0.1, -0.05) is 11.6 Å². The number of hydrogen-bond acceptors (Lipinski definition) is 4. The molecule has 0 aliphatic carbocycles. The van der Waals surface area contributed by atoms with Crippen LogP contribution in [0.1, 0.15) is 6.42 Å². The molecular formula is C9H10Cl2N2O4S. The summed E-state index contributed by atoms with van der Waals surface area (Å²) in [6.45, 7) is 0. The molecule has 0 aliphatic heterocycles. The third-order valence-electron chi connectivity index (χ3n) is 1.96. The average Bonchev–Trinajstić information content (AvgIpc) is 2.28. The Balaban J connectivity index is 2.92.